The monoisotopic (exact) mass is 163 g/mol. The number of azide groups is 1. The Bertz CT molecular complexity index is 199. The normalized spacial score (nSPS) is 12.6. The van der Waals surface area contributed by atoms with Crippen LogP contribution in [0.2, 0.25) is 0 Å². The van der Waals surface area contributed by atoms with Gasteiger partial charge in [0.15, 0.2) is 0 Å². The molecule has 0 fully saturated rings. The Morgan fingerprint density at radius 3 is 2.60 bits per heavy atom. The van der Waals surface area contributed by atoms with E-state index >= 15 is 0 Å². The highest BCUT2D eigenvalue weighted by Crippen LogP contribution is 2.01. The highest BCUT2D eigenvalue weighted by Gasteiger charge is 2.05. The summed E-state index contributed by atoms with van der Waals surface area (Å²) in [6.45, 7) is 1.83. The SMILES string of the molecule is CCCC(N=[N+]=[N-])[SH](=O)=O. The lowest BCUT2D eigenvalue weighted by Gasteiger charge is -1.96. The standard InChI is InChI=1S/C4H9N3O2S/c1-2-3-4(6-7-5)10(8)9/h4,10H,2-3H2,1H3. The van der Waals surface area contributed by atoms with Gasteiger partial charge < -0.3 is 0 Å². The van der Waals surface area contributed by atoms with Crippen molar-refractivity contribution >= 4 is 10.7 Å². The molecular formula is C4H9N3O2S. The molecule has 6 heteroatoms. The molecule has 0 heterocycles. The van der Waals surface area contributed by atoms with Gasteiger partial charge in [-0.25, -0.2) is 8.42 Å². The minimum atomic E-state index is -2.60. The molecule has 0 saturated heterocycles. The van der Waals surface area contributed by atoms with Crippen LogP contribution in [0.1, 0.15) is 19.8 Å². The van der Waals surface area contributed by atoms with Crippen molar-refractivity contribution in [3.63, 3.8) is 0 Å². The van der Waals surface area contributed by atoms with E-state index in [4.69, 9.17) is 5.53 Å². The molecule has 0 amide bonds. The molecule has 1 atom stereocenters. The van der Waals surface area contributed by atoms with E-state index in [9.17, 15) is 8.42 Å². The first-order valence-corrected chi connectivity index (χ1v) is 4.14. The number of nitrogens with zero attached hydrogens (tertiary/aromatic N) is 3. The Balaban J connectivity index is 4.11. The van der Waals surface area contributed by atoms with E-state index in [1.54, 1.807) is 0 Å². The van der Waals surface area contributed by atoms with Crippen molar-refractivity contribution in [3.05, 3.63) is 10.4 Å². The van der Waals surface area contributed by atoms with Gasteiger partial charge in [-0.2, -0.15) is 0 Å². The Hall–Kier alpha value is -0.740. The summed E-state index contributed by atoms with van der Waals surface area (Å²) in [5.41, 5.74) is 7.90. The molecular weight excluding hydrogens is 154 g/mol. The van der Waals surface area contributed by atoms with Crippen molar-refractivity contribution in [2.24, 2.45) is 5.11 Å². The molecule has 5 nitrogen and oxygen atoms in total. The maximum absolute atomic E-state index is 10.3. The molecule has 0 radical (unpaired) electrons. The van der Waals surface area contributed by atoms with Crippen LogP contribution in [-0.2, 0) is 10.7 Å². The third kappa shape index (κ3) is 3.32. The van der Waals surface area contributed by atoms with Gasteiger partial charge in [-0.05, 0) is 12.0 Å². The summed E-state index contributed by atoms with van der Waals surface area (Å²) in [5.74, 6) is 0. The molecule has 0 aliphatic heterocycles. The zero-order valence-corrected chi connectivity index (χ0v) is 6.49. The van der Waals surface area contributed by atoms with E-state index in [0.29, 0.717) is 12.8 Å². The fraction of sp³-hybridized carbons (Fsp3) is 1.00. The molecule has 0 rings (SSSR count). The van der Waals surface area contributed by atoms with Gasteiger partial charge in [0.1, 0.15) is 16.1 Å². The molecule has 0 aromatic rings. The molecule has 10 heavy (non-hydrogen) atoms. The third-order valence-corrected chi connectivity index (χ3v) is 1.82. The molecule has 1 unspecified atom stereocenters. The first-order valence-electron chi connectivity index (χ1n) is 2.90. The summed E-state index contributed by atoms with van der Waals surface area (Å²) in [7, 11) is -2.60. The first-order chi connectivity index (χ1) is 4.72. The Morgan fingerprint density at radius 2 is 2.30 bits per heavy atom. The summed E-state index contributed by atoms with van der Waals surface area (Å²) >= 11 is 0. The molecule has 0 aromatic carbocycles. The molecule has 0 bridgehead atoms. The third-order valence-electron chi connectivity index (χ3n) is 0.975. The van der Waals surface area contributed by atoms with Crippen molar-refractivity contribution < 1.29 is 8.42 Å². The zero-order valence-electron chi connectivity index (χ0n) is 5.60. The molecule has 0 saturated carbocycles. The van der Waals surface area contributed by atoms with E-state index in [2.05, 4.69) is 10.0 Å². The Labute approximate surface area is 60.6 Å². The van der Waals surface area contributed by atoms with Crippen molar-refractivity contribution in [3.8, 4) is 0 Å². The second-order valence-corrected chi connectivity index (χ2v) is 2.93. The zero-order chi connectivity index (χ0) is 7.98. The van der Waals surface area contributed by atoms with Gasteiger partial charge >= 0.3 is 0 Å². The molecule has 0 aliphatic rings. The maximum Gasteiger partial charge on any atom is 0.148 e. The fourth-order valence-electron chi connectivity index (χ4n) is 0.523. The van der Waals surface area contributed by atoms with Crippen molar-refractivity contribution in [1.29, 1.82) is 0 Å². The van der Waals surface area contributed by atoms with Gasteiger partial charge in [0.05, 0.1) is 0 Å². The predicted molar refractivity (Wildman–Crippen MR) is 38.2 cm³/mol. The molecule has 58 valence electrons. The van der Waals surface area contributed by atoms with Gasteiger partial charge in [-0.3, -0.25) is 0 Å². The van der Waals surface area contributed by atoms with Crippen LogP contribution in [-0.4, -0.2) is 13.8 Å². The number of thiol groups is 1. The minimum absolute atomic E-state index is 0.406. The van der Waals surface area contributed by atoms with E-state index in [0.717, 1.165) is 0 Å². The van der Waals surface area contributed by atoms with Crippen molar-refractivity contribution in [2.75, 3.05) is 0 Å². The van der Waals surface area contributed by atoms with Crippen LogP contribution in [0.5, 0.6) is 0 Å². The van der Waals surface area contributed by atoms with Crippen LogP contribution in [0.15, 0.2) is 5.11 Å². The lowest BCUT2D eigenvalue weighted by Crippen LogP contribution is -2.03. The number of hydrogen-bond donors (Lipinski definition) is 1. The van der Waals surface area contributed by atoms with E-state index in [-0.39, 0.29) is 0 Å². The number of hydrogen-bond acceptors (Lipinski definition) is 3. The van der Waals surface area contributed by atoms with E-state index < -0.39 is 16.1 Å². The highest BCUT2D eigenvalue weighted by atomic mass is 32.2. The van der Waals surface area contributed by atoms with Crippen LogP contribution >= 0.6 is 0 Å². The average molecular weight is 163 g/mol. The van der Waals surface area contributed by atoms with E-state index in [1.165, 1.54) is 0 Å². The summed E-state index contributed by atoms with van der Waals surface area (Å²) in [4.78, 5) is 2.42. The highest BCUT2D eigenvalue weighted by molar-refractivity contribution is 7.73. The summed E-state index contributed by atoms with van der Waals surface area (Å²) in [6.07, 6.45) is 1.11. The quantitative estimate of drug-likeness (QED) is 0.290. The first kappa shape index (κ1) is 9.26. The minimum Gasteiger partial charge on any atom is -0.231 e. The average Bonchev–Trinajstić information content (AvgIpc) is 1.87. The largest absolute Gasteiger partial charge is 0.231 e. The Kier molecular flexibility index (Phi) is 4.70. The van der Waals surface area contributed by atoms with Crippen LogP contribution in [0, 0.1) is 0 Å². The second-order valence-electron chi connectivity index (χ2n) is 1.76. The van der Waals surface area contributed by atoms with Crippen LogP contribution < -0.4 is 0 Å². The summed E-state index contributed by atoms with van der Waals surface area (Å²) in [6, 6.07) is 0. The van der Waals surface area contributed by atoms with Crippen LogP contribution in [0.3, 0.4) is 0 Å². The Morgan fingerprint density at radius 1 is 1.70 bits per heavy atom. The van der Waals surface area contributed by atoms with Crippen LogP contribution in [0.4, 0.5) is 0 Å². The van der Waals surface area contributed by atoms with Gasteiger partial charge in [0.25, 0.3) is 0 Å². The van der Waals surface area contributed by atoms with Crippen molar-refractivity contribution in [2.45, 2.75) is 25.1 Å². The second kappa shape index (κ2) is 5.08. The molecule has 0 N–H and O–H groups in total. The molecule has 0 aromatic heterocycles. The van der Waals surface area contributed by atoms with Gasteiger partial charge in [-0.1, -0.05) is 18.5 Å². The lowest BCUT2D eigenvalue weighted by molar-refractivity contribution is 0.591. The smallest absolute Gasteiger partial charge is 0.148 e. The van der Waals surface area contributed by atoms with Gasteiger partial charge in [0, 0.05) is 4.91 Å². The maximum atomic E-state index is 10.3. The molecule has 0 spiro atoms. The summed E-state index contributed by atoms with van der Waals surface area (Å²) < 4.78 is 20.5. The lowest BCUT2D eigenvalue weighted by atomic mass is 10.3. The van der Waals surface area contributed by atoms with Crippen molar-refractivity contribution in [1.82, 2.24) is 0 Å². The number of rotatable bonds is 4. The van der Waals surface area contributed by atoms with Gasteiger partial charge in [0.2, 0.25) is 0 Å². The summed E-state index contributed by atoms with van der Waals surface area (Å²) in [5, 5.41) is 2.24. The van der Waals surface area contributed by atoms with Crippen LogP contribution in [0.25, 0.3) is 10.4 Å². The predicted octanol–water partition coefficient (Wildman–Crippen LogP) is 1.03. The fourth-order valence-corrected chi connectivity index (χ4v) is 1.12. The van der Waals surface area contributed by atoms with Gasteiger partial charge in [-0.15, -0.1) is 0 Å². The van der Waals surface area contributed by atoms with E-state index in [1.807, 2.05) is 6.92 Å². The topological polar surface area (TPSA) is 82.9 Å². The molecule has 0 aliphatic carbocycles.